The third kappa shape index (κ3) is 3.46. The first kappa shape index (κ1) is 18.5. The van der Waals surface area contributed by atoms with E-state index >= 15 is 0 Å². The largest absolute Gasteiger partial charge is 0.497 e. The topological polar surface area (TPSA) is 54.8 Å². The fraction of sp³-hybridized carbons (Fsp3) is 0.500. The molecule has 26 heavy (non-hydrogen) atoms. The van der Waals surface area contributed by atoms with Gasteiger partial charge in [0.25, 0.3) is 0 Å². The van der Waals surface area contributed by atoms with Gasteiger partial charge in [0.15, 0.2) is 0 Å². The number of hydrogen-bond acceptors (Lipinski definition) is 4. The summed E-state index contributed by atoms with van der Waals surface area (Å²) in [6.07, 6.45) is 3.32. The zero-order valence-corrected chi connectivity index (χ0v) is 16.0. The summed E-state index contributed by atoms with van der Waals surface area (Å²) >= 11 is 0. The van der Waals surface area contributed by atoms with Crippen LogP contribution in [0.1, 0.15) is 23.7 Å². The molecular weight excluding hydrogens is 330 g/mol. The first-order valence-electron chi connectivity index (χ1n) is 9.09. The fourth-order valence-corrected chi connectivity index (χ4v) is 3.39. The van der Waals surface area contributed by atoms with E-state index in [2.05, 4.69) is 4.90 Å². The van der Waals surface area contributed by atoms with E-state index in [0.717, 1.165) is 35.2 Å². The van der Waals surface area contributed by atoms with Gasteiger partial charge in [0.1, 0.15) is 5.75 Å². The standard InChI is InChI=1S/C20H27N3O3/c1-5-19(24)22-11-15(12-22)20(25)23-13-14(8-9-21(2)3)17-7-6-16(26-4)10-18(17)23/h6-7,10,13,15H,5,8-9,11-12H2,1-4H3. The molecule has 0 radical (unpaired) electrons. The van der Waals surface area contributed by atoms with Crippen molar-refractivity contribution in [2.45, 2.75) is 19.8 Å². The number of methoxy groups -OCH3 is 1. The Morgan fingerprint density at radius 2 is 2.00 bits per heavy atom. The van der Waals surface area contributed by atoms with Gasteiger partial charge in [-0.3, -0.25) is 14.2 Å². The lowest BCUT2D eigenvalue weighted by Crippen LogP contribution is -2.53. The van der Waals surface area contributed by atoms with E-state index in [1.54, 1.807) is 16.6 Å². The SMILES string of the molecule is CCC(=O)N1CC(C(=O)n2cc(CCN(C)C)c3ccc(OC)cc32)C1. The van der Waals surface area contributed by atoms with Crippen LogP contribution in [0.15, 0.2) is 24.4 Å². The minimum Gasteiger partial charge on any atom is -0.497 e. The number of benzene rings is 1. The van der Waals surface area contributed by atoms with Crippen LogP contribution < -0.4 is 4.74 Å². The summed E-state index contributed by atoms with van der Waals surface area (Å²) in [4.78, 5) is 28.6. The summed E-state index contributed by atoms with van der Waals surface area (Å²) in [7, 11) is 5.71. The lowest BCUT2D eigenvalue weighted by molar-refractivity contribution is -0.136. The van der Waals surface area contributed by atoms with Crippen LogP contribution in [-0.2, 0) is 11.2 Å². The van der Waals surface area contributed by atoms with Gasteiger partial charge in [-0.05, 0) is 38.2 Å². The summed E-state index contributed by atoms with van der Waals surface area (Å²) in [5.41, 5.74) is 2.04. The number of fused-ring (bicyclic) bond motifs is 1. The minimum atomic E-state index is -0.131. The van der Waals surface area contributed by atoms with Crippen molar-refractivity contribution >= 4 is 22.7 Å². The number of ether oxygens (including phenoxy) is 1. The van der Waals surface area contributed by atoms with Crippen LogP contribution in [-0.4, -0.2) is 67.0 Å². The Balaban J connectivity index is 1.89. The summed E-state index contributed by atoms with van der Waals surface area (Å²) in [5, 5.41) is 1.09. The summed E-state index contributed by atoms with van der Waals surface area (Å²) < 4.78 is 7.09. The molecule has 0 unspecified atom stereocenters. The number of likely N-dealkylation sites (N-methyl/N-ethyl adjacent to an activating group) is 1. The van der Waals surface area contributed by atoms with Gasteiger partial charge in [-0.2, -0.15) is 0 Å². The van der Waals surface area contributed by atoms with Gasteiger partial charge in [0.05, 0.1) is 18.5 Å². The van der Waals surface area contributed by atoms with E-state index in [-0.39, 0.29) is 17.7 Å². The van der Waals surface area contributed by atoms with Crippen LogP contribution in [0, 0.1) is 5.92 Å². The van der Waals surface area contributed by atoms with Gasteiger partial charge in [0.2, 0.25) is 11.8 Å². The molecule has 1 aromatic heterocycles. The molecule has 2 aromatic rings. The van der Waals surface area contributed by atoms with Crippen LogP contribution in [0.25, 0.3) is 10.9 Å². The van der Waals surface area contributed by atoms with Crippen molar-refractivity contribution in [3.05, 3.63) is 30.0 Å². The van der Waals surface area contributed by atoms with Crippen molar-refractivity contribution in [1.82, 2.24) is 14.4 Å². The molecule has 1 aromatic carbocycles. The molecule has 1 saturated heterocycles. The predicted octanol–water partition coefficient (Wildman–Crippen LogP) is 2.26. The van der Waals surface area contributed by atoms with Crippen LogP contribution in [0.2, 0.25) is 0 Å². The second kappa shape index (κ2) is 7.50. The molecule has 0 bridgehead atoms. The third-order valence-corrected chi connectivity index (χ3v) is 5.05. The molecule has 1 aliphatic heterocycles. The molecule has 140 valence electrons. The maximum absolute atomic E-state index is 13.0. The Bertz CT molecular complexity index is 819. The fourth-order valence-electron chi connectivity index (χ4n) is 3.39. The third-order valence-electron chi connectivity index (χ3n) is 5.05. The highest BCUT2D eigenvalue weighted by molar-refractivity contribution is 5.97. The Labute approximate surface area is 154 Å². The Kier molecular flexibility index (Phi) is 5.32. The molecule has 0 N–H and O–H groups in total. The smallest absolute Gasteiger partial charge is 0.237 e. The normalized spacial score (nSPS) is 14.7. The quantitative estimate of drug-likeness (QED) is 0.796. The van der Waals surface area contributed by atoms with E-state index in [9.17, 15) is 9.59 Å². The number of carbonyl (C=O) groups excluding carboxylic acids is 2. The van der Waals surface area contributed by atoms with Crippen LogP contribution in [0.3, 0.4) is 0 Å². The lowest BCUT2D eigenvalue weighted by Gasteiger charge is -2.38. The number of aromatic nitrogens is 1. The average Bonchev–Trinajstić information content (AvgIpc) is 2.96. The molecular formula is C20H27N3O3. The second-order valence-electron chi connectivity index (χ2n) is 7.15. The van der Waals surface area contributed by atoms with Crippen molar-refractivity contribution in [2.24, 2.45) is 5.92 Å². The predicted molar refractivity (Wildman–Crippen MR) is 102 cm³/mol. The van der Waals surface area contributed by atoms with Gasteiger partial charge >= 0.3 is 0 Å². The Morgan fingerprint density at radius 3 is 2.62 bits per heavy atom. The van der Waals surface area contributed by atoms with Gasteiger partial charge in [-0.25, -0.2) is 0 Å². The minimum absolute atomic E-state index is 0.0551. The van der Waals surface area contributed by atoms with Gasteiger partial charge < -0.3 is 14.5 Å². The summed E-state index contributed by atoms with van der Waals surface area (Å²) in [6, 6.07) is 5.87. The first-order chi connectivity index (χ1) is 12.4. The molecule has 0 aliphatic carbocycles. The highest BCUT2D eigenvalue weighted by atomic mass is 16.5. The van der Waals surface area contributed by atoms with E-state index < -0.39 is 0 Å². The Hall–Kier alpha value is -2.34. The monoisotopic (exact) mass is 357 g/mol. The van der Waals surface area contributed by atoms with Crippen LogP contribution >= 0.6 is 0 Å². The summed E-state index contributed by atoms with van der Waals surface area (Å²) in [5.74, 6) is 0.772. The highest BCUT2D eigenvalue weighted by Crippen LogP contribution is 2.29. The number of amides is 1. The molecule has 6 heteroatoms. The zero-order valence-electron chi connectivity index (χ0n) is 16.0. The average molecular weight is 357 g/mol. The second-order valence-corrected chi connectivity index (χ2v) is 7.15. The van der Waals surface area contributed by atoms with Crippen LogP contribution in [0.4, 0.5) is 0 Å². The van der Waals surface area contributed by atoms with Crippen molar-refractivity contribution in [3.8, 4) is 5.75 Å². The van der Waals surface area contributed by atoms with E-state index in [4.69, 9.17) is 4.74 Å². The van der Waals surface area contributed by atoms with Gasteiger partial charge in [-0.15, -0.1) is 0 Å². The number of carbonyl (C=O) groups is 2. The Morgan fingerprint density at radius 1 is 1.27 bits per heavy atom. The van der Waals surface area contributed by atoms with E-state index in [0.29, 0.717) is 19.5 Å². The van der Waals surface area contributed by atoms with E-state index in [1.165, 1.54) is 0 Å². The zero-order chi connectivity index (χ0) is 18.8. The first-order valence-corrected chi connectivity index (χ1v) is 9.09. The van der Waals surface area contributed by atoms with Crippen molar-refractivity contribution < 1.29 is 14.3 Å². The molecule has 0 atom stereocenters. The van der Waals surface area contributed by atoms with Crippen molar-refractivity contribution in [1.29, 1.82) is 0 Å². The maximum Gasteiger partial charge on any atom is 0.237 e. The van der Waals surface area contributed by atoms with Crippen molar-refractivity contribution in [2.75, 3.05) is 40.8 Å². The highest BCUT2D eigenvalue weighted by Gasteiger charge is 2.36. The molecule has 2 heterocycles. The molecule has 3 rings (SSSR count). The van der Waals surface area contributed by atoms with Gasteiger partial charge in [-0.1, -0.05) is 6.92 Å². The number of nitrogens with zero attached hydrogens (tertiary/aromatic N) is 3. The molecule has 0 spiro atoms. The summed E-state index contributed by atoms with van der Waals surface area (Å²) in [6.45, 7) is 3.80. The lowest BCUT2D eigenvalue weighted by atomic mass is 9.98. The molecule has 1 fully saturated rings. The van der Waals surface area contributed by atoms with Crippen molar-refractivity contribution in [3.63, 3.8) is 0 Å². The maximum atomic E-state index is 13.0. The number of likely N-dealkylation sites (tertiary alicyclic amines) is 1. The number of rotatable bonds is 6. The van der Waals surface area contributed by atoms with Gasteiger partial charge in [0, 0.05) is 43.7 Å². The number of hydrogen-bond donors (Lipinski definition) is 0. The molecule has 0 saturated carbocycles. The molecule has 1 amide bonds. The molecule has 1 aliphatic rings. The van der Waals surface area contributed by atoms with E-state index in [1.807, 2.05) is 45.4 Å². The van der Waals surface area contributed by atoms with Crippen LogP contribution in [0.5, 0.6) is 5.75 Å². The molecule has 6 nitrogen and oxygen atoms in total.